The highest BCUT2D eigenvalue weighted by Gasteiger charge is 2.56. The summed E-state index contributed by atoms with van der Waals surface area (Å²) in [6.07, 6.45) is 29.3. The minimum Gasteiger partial charge on any atom is -0.390 e. The van der Waals surface area contributed by atoms with Crippen molar-refractivity contribution in [1.29, 1.82) is 0 Å². The summed E-state index contributed by atoms with van der Waals surface area (Å²) in [6.45, 7) is 28.8. The summed E-state index contributed by atoms with van der Waals surface area (Å²) in [7, 11) is 4.26. The van der Waals surface area contributed by atoms with Crippen LogP contribution in [0.2, 0.25) is 0 Å². The molecule has 8 rings (SSSR count). The van der Waals surface area contributed by atoms with Crippen molar-refractivity contribution < 1.29 is 27.1 Å². The first-order valence-corrected chi connectivity index (χ1v) is 36.1. The van der Waals surface area contributed by atoms with Crippen LogP contribution in [-0.4, -0.2) is 176 Å². The van der Waals surface area contributed by atoms with Gasteiger partial charge in [-0.1, -0.05) is 98.0 Å². The third kappa shape index (κ3) is 20.5. The number of aliphatic imine (C=N–C) groups is 1. The largest absolute Gasteiger partial charge is 0.419 e. The Bertz CT molecular complexity index is 2530. The molecule has 11 atom stereocenters. The van der Waals surface area contributed by atoms with Crippen molar-refractivity contribution in [2.45, 2.75) is 257 Å². The molecule has 3 saturated heterocycles. The Labute approximate surface area is 547 Å². The van der Waals surface area contributed by atoms with Crippen LogP contribution >= 0.6 is 0 Å². The van der Waals surface area contributed by atoms with Gasteiger partial charge in [-0.15, -0.1) is 0 Å². The van der Waals surface area contributed by atoms with Gasteiger partial charge in [-0.3, -0.25) is 14.7 Å². The van der Waals surface area contributed by atoms with Gasteiger partial charge in [0.1, 0.15) is 5.82 Å². The summed E-state index contributed by atoms with van der Waals surface area (Å²) in [4.78, 5) is 31.8. The van der Waals surface area contributed by atoms with Crippen molar-refractivity contribution in [3.63, 3.8) is 0 Å². The van der Waals surface area contributed by atoms with E-state index in [0.717, 1.165) is 95.5 Å². The molecule has 1 aromatic carbocycles. The van der Waals surface area contributed by atoms with Crippen molar-refractivity contribution in [1.82, 2.24) is 56.4 Å². The lowest BCUT2D eigenvalue weighted by Crippen LogP contribution is -2.76. The lowest BCUT2D eigenvalue weighted by molar-refractivity contribution is -0.165. The molecule has 3 saturated carbocycles. The Kier molecular flexibility index (Phi) is 28.1. The van der Waals surface area contributed by atoms with Gasteiger partial charge in [0.15, 0.2) is 0 Å². The fourth-order valence-corrected chi connectivity index (χ4v) is 16.6. The van der Waals surface area contributed by atoms with Gasteiger partial charge in [0.25, 0.3) is 0 Å². The number of amides is 1. The number of rotatable bonds is 11. The number of nitrogens with zero attached hydrogens (tertiary/aromatic N) is 6. The van der Waals surface area contributed by atoms with E-state index in [-0.39, 0.29) is 71.7 Å². The van der Waals surface area contributed by atoms with Crippen molar-refractivity contribution in [2.24, 2.45) is 34.6 Å². The van der Waals surface area contributed by atoms with E-state index in [1.165, 1.54) is 88.1 Å². The molecule has 91 heavy (non-hydrogen) atoms. The van der Waals surface area contributed by atoms with Crippen molar-refractivity contribution in [2.75, 3.05) is 79.7 Å². The standard InChI is InChI=1S/C73H122F4N12O2/c1-12-52(4)67-46-82-66(43-51(2)3)54(6)81-47-68-69(71(90)87-39-41-91-42-40-87)57(9)89(68)70(60-23-16-17-24-60)55(7)84-72(31-18-19-32-72)50-79-35-34-78-33-30-61(28-26-59-27-29-64(65(74)45-59)73(75,76)77)80-36-38-85(10)48-63(44-58-21-14-13-15-22-58)86(11)49-62-25-20-37-88(62)56(8)53(5)83-67/h27,29-30,33,36,38,45,48-49,51-58,60,66-70,78-79,81-84H,12-26,28,31-32,34-35,37,39-44,46-47,50H2,1-11H3/t52-,53?,54?,55?,56-,57?,66-,67+,68?,69-,70+/m0/s1. The molecule has 4 heterocycles. The molecule has 1 aromatic rings. The number of hydrogen-bond acceptors (Lipinski definition) is 13. The zero-order chi connectivity index (χ0) is 65.2. The fourth-order valence-electron chi connectivity index (χ4n) is 16.6. The Balaban J connectivity index is 1.09. The van der Waals surface area contributed by atoms with E-state index < -0.39 is 17.6 Å². The molecule has 0 aromatic heterocycles. The second-order valence-electron chi connectivity index (χ2n) is 29.4. The molecule has 6 N–H and O–H groups in total. The molecule has 7 aliphatic rings. The molecule has 14 nitrogen and oxygen atoms in total. The van der Waals surface area contributed by atoms with Crippen LogP contribution in [0.5, 0.6) is 0 Å². The first-order chi connectivity index (χ1) is 43.6. The summed E-state index contributed by atoms with van der Waals surface area (Å²) >= 11 is 0. The monoisotopic (exact) mass is 1270 g/mol. The Morgan fingerprint density at radius 2 is 1.55 bits per heavy atom. The predicted octanol–water partition coefficient (Wildman–Crippen LogP) is 12.2. The number of nitrogens with one attached hydrogen (secondary N) is 6. The second-order valence-corrected chi connectivity index (χ2v) is 29.4. The molecule has 3 aliphatic carbocycles. The number of fused-ring (bicyclic) bond motifs is 2. The topological polar surface area (TPSA) is 127 Å². The summed E-state index contributed by atoms with van der Waals surface area (Å²) in [6, 6.07) is 5.08. The third-order valence-electron chi connectivity index (χ3n) is 22.3. The minimum absolute atomic E-state index is 0.0534. The number of alkyl halides is 3. The summed E-state index contributed by atoms with van der Waals surface area (Å²) in [5.41, 5.74) is 2.51. The predicted molar refractivity (Wildman–Crippen MR) is 365 cm³/mol. The smallest absolute Gasteiger partial charge is 0.390 e. The highest BCUT2D eigenvalue weighted by molar-refractivity contribution is 5.95. The molecule has 6 fully saturated rings. The van der Waals surface area contributed by atoms with Gasteiger partial charge >= 0.3 is 6.18 Å². The third-order valence-corrected chi connectivity index (χ3v) is 22.3. The average Bonchev–Trinajstić information content (AvgIpc) is 1.50. The quantitative estimate of drug-likeness (QED) is 0.118. The number of ether oxygens (including phenoxy) is 1. The average molecular weight is 1280 g/mol. The van der Waals surface area contributed by atoms with Crippen LogP contribution in [0.15, 0.2) is 71.7 Å². The normalized spacial score (nSPS) is 30.7. The highest BCUT2D eigenvalue weighted by atomic mass is 19.4. The second kappa shape index (κ2) is 35.1. The highest BCUT2D eigenvalue weighted by Crippen LogP contribution is 2.44. The maximum Gasteiger partial charge on any atom is 0.419 e. The Hall–Kier alpha value is -4.04. The summed E-state index contributed by atoms with van der Waals surface area (Å²) in [5, 5.41) is 24.3. The van der Waals surface area contributed by atoms with E-state index in [2.05, 4.69) is 138 Å². The van der Waals surface area contributed by atoms with E-state index in [1.807, 2.05) is 25.5 Å². The maximum atomic E-state index is 14.9. The number of aryl methyl sites for hydroxylation is 1. The van der Waals surface area contributed by atoms with Crippen LogP contribution < -0.4 is 31.9 Å². The van der Waals surface area contributed by atoms with Gasteiger partial charge in [0.05, 0.1) is 24.7 Å². The van der Waals surface area contributed by atoms with E-state index in [0.29, 0.717) is 74.9 Å². The molecule has 4 aliphatic heterocycles. The first kappa shape index (κ1) is 72.8. The molecule has 0 radical (unpaired) electrons. The van der Waals surface area contributed by atoms with E-state index in [4.69, 9.17) is 9.73 Å². The zero-order valence-corrected chi connectivity index (χ0v) is 58.0. The number of carbonyl (C=O) groups excluding carboxylic acids is 1. The molecule has 1 spiro atoms. The van der Waals surface area contributed by atoms with Crippen molar-refractivity contribution >= 4 is 11.6 Å². The van der Waals surface area contributed by atoms with Crippen LogP contribution in [0.25, 0.3) is 0 Å². The molecule has 514 valence electrons. The lowest BCUT2D eigenvalue weighted by Gasteiger charge is -2.60. The van der Waals surface area contributed by atoms with E-state index in [9.17, 15) is 22.4 Å². The lowest BCUT2D eigenvalue weighted by atomic mass is 9.74. The fraction of sp³-hybridized carbons (Fsp3) is 0.781. The number of halogens is 4. The summed E-state index contributed by atoms with van der Waals surface area (Å²) in [5.74, 6) is 1.07. The van der Waals surface area contributed by atoms with Crippen LogP contribution in [0, 0.1) is 35.4 Å². The van der Waals surface area contributed by atoms with E-state index >= 15 is 0 Å². The first-order valence-electron chi connectivity index (χ1n) is 36.1. The molecule has 5 unspecified atom stereocenters. The van der Waals surface area contributed by atoms with Crippen LogP contribution in [0.4, 0.5) is 17.6 Å². The van der Waals surface area contributed by atoms with Crippen LogP contribution in [0.1, 0.15) is 195 Å². The van der Waals surface area contributed by atoms with Gasteiger partial charge < -0.3 is 56.2 Å². The maximum absolute atomic E-state index is 14.9. The van der Waals surface area contributed by atoms with Gasteiger partial charge in [-0.05, 0) is 152 Å². The Morgan fingerprint density at radius 3 is 2.24 bits per heavy atom. The van der Waals surface area contributed by atoms with Crippen LogP contribution in [-0.2, 0) is 22.1 Å². The number of hydrogen-bond donors (Lipinski definition) is 6. The zero-order valence-electron chi connectivity index (χ0n) is 58.0. The number of morpholine rings is 1. The molecule has 0 bridgehead atoms. The van der Waals surface area contributed by atoms with Gasteiger partial charge in [-0.25, -0.2) is 4.39 Å². The Morgan fingerprint density at radius 1 is 0.824 bits per heavy atom. The van der Waals surface area contributed by atoms with Crippen LogP contribution in [0.3, 0.4) is 0 Å². The van der Waals surface area contributed by atoms with Crippen molar-refractivity contribution in [3.05, 3.63) is 83.6 Å². The molecule has 18 heteroatoms. The number of benzene rings is 1. The SMILES string of the molecule is CC[C@H](C)[C@H]1CN[C@@H](CC(C)C)C(C)NCC2[C@@H](C(=O)N3CCOCC3)C(C)N2[C@@H](C2CCCC2)C(C)NC2(CCCC2)CNCCNC=CC(CCc2ccc(C(F)(F)F)c(F)c2)=NC=CN(C)C=C(CC2CCCCC2)N(C)C=C2CCCN2[C@@H](C)C(C)N1. The molecular weight excluding hydrogens is 1150 g/mol. The molecular formula is C73H122F4N12O2. The number of allylic oxidation sites excluding steroid dienone is 3. The minimum atomic E-state index is -4.76. The van der Waals surface area contributed by atoms with Gasteiger partial charge in [0.2, 0.25) is 5.91 Å². The van der Waals surface area contributed by atoms with Gasteiger partial charge in [0, 0.05) is 168 Å². The summed E-state index contributed by atoms with van der Waals surface area (Å²) < 4.78 is 61.2. The van der Waals surface area contributed by atoms with E-state index in [1.54, 1.807) is 6.20 Å². The van der Waals surface area contributed by atoms with Crippen molar-refractivity contribution in [3.8, 4) is 0 Å². The number of carbonyl (C=O) groups is 1. The van der Waals surface area contributed by atoms with Gasteiger partial charge in [-0.2, -0.15) is 13.2 Å². The molecule has 1 amide bonds.